The van der Waals surface area contributed by atoms with Crippen molar-refractivity contribution in [1.29, 1.82) is 0 Å². The van der Waals surface area contributed by atoms with Gasteiger partial charge in [0.05, 0.1) is 19.8 Å². The van der Waals surface area contributed by atoms with Gasteiger partial charge < -0.3 is 24.6 Å². The zero-order valence-electron chi connectivity index (χ0n) is 33.4. The van der Waals surface area contributed by atoms with Gasteiger partial charge in [0.1, 0.15) is 12.7 Å². The molecule has 11 nitrogen and oxygen atoms in total. The van der Waals surface area contributed by atoms with Crippen molar-refractivity contribution in [2.75, 3.05) is 26.4 Å². The third kappa shape index (κ3) is 36.6. The second-order valence-corrected chi connectivity index (χ2v) is 15.2. The summed E-state index contributed by atoms with van der Waals surface area (Å²) >= 11 is 0. The average molecular weight is 785 g/mol. The largest absolute Gasteiger partial charge is 0.472 e. The van der Waals surface area contributed by atoms with Gasteiger partial charge in [-0.15, -0.1) is 0 Å². The standard InChI is InChI=1S/C42H73O11P/c1-3-5-7-9-11-12-13-14-15-16-17-18-20-24-28-32-41(46)50-36-40(37-52-54(48,49)51-35-39(45)34-43)53-42(47)33-29-25-21-23-27-31-38(44)30-26-22-19-10-8-6-4-2/h12-15,19,22,26,30,39-40,43,45H,3-11,16-18,20-21,23-25,27-29,31-37H2,1-2H3,(H,48,49)/b13-12-,15-14-,22-19-,30-26+/t39-,40+/m0/s1. The second kappa shape index (κ2) is 37.5. The zero-order chi connectivity index (χ0) is 40.0. The van der Waals surface area contributed by atoms with Gasteiger partial charge >= 0.3 is 19.8 Å². The lowest BCUT2D eigenvalue weighted by atomic mass is 10.1. The lowest BCUT2D eigenvalue weighted by Gasteiger charge is -2.20. The van der Waals surface area contributed by atoms with Crippen LogP contribution in [0.25, 0.3) is 0 Å². The van der Waals surface area contributed by atoms with E-state index < -0.39 is 51.8 Å². The number of phosphoric ester groups is 1. The van der Waals surface area contributed by atoms with Gasteiger partial charge in [0.2, 0.25) is 0 Å². The number of carbonyl (C=O) groups is 3. The summed E-state index contributed by atoms with van der Waals surface area (Å²) in [6, 6.07) is 0. The topological polar surface area (TPSA) is 166 Å². The second-order valence-electron chi connectivity index (χ2n) is 13.7. The molecule has 0 saturated heterocycles. The maximum Gasteiger partial charge on any atom is 0.472 e. The van der Waals surface area contributed by atoms with E-state index in [0.717, 1.165) is 77.0 Å². The van der Waals surface area contributed by atoms with Gasteiger partial charge in [-0.05, 0) is 63.9 Å². The molecule has 0 spiro atoms. The molecule has 3 N–H and O–H groups in total. The van der Waals surface area contributed by atoms with E-state index in [1.54, 1.807) is 12.2 Å². The van der Waals surface area contributed by atoms with Crippen LogP contribution in [0.1, 0.15) is 162 Å². The molecule has 0 aromatic carbocycles. The van der Waals surface area contributed by atoms with Crippen molar-refractivity contribution in [2.24, 2.45) is 0 Å². The first-order valence-corrected chi connectivity index (χ1v) is 22.1. The Morgan fingerprint density at radius 2 is 1.06 bits per heavy atom. The molecule has 0 rings (SSSR count). The van der Waals surface area contributed by atoms with Gasteiger partial charge in [0.25, 0.3) is 0 Å². The lowest BCUT2D eigenvalue weighted by molar-refractivity contribution is -0.161. The maximum atomic E-state index is 12.6. The highest BCUT2D eigenvalue weighted by molar-refractivity contribution is 7.47. The summed E-state index contributed by atoms with van der Waals surface area (Å²) in [7, 11) is -4.65. The normalized spacial score (nSPS) is 14.3. The van der Waals surface area contributed by atoms with Crippen LogP contribution in [0, 0.1) is 0 Å². The number of aliphatic hydroxyl groups is 2. The summed E-state index contributed by atoms with van der Waals surface area (Å²) in [6.45, 7) is 2.13. The Hall–Kier alpha value is -2.40. The molecule has 0 fully saturated rings. The third-order valence-electron chi connectivity index (χ3n) is 8.46. The van der Waals surface area contributed by atoms with Crippen LogP contribution in [0.5, 0.6) is 0 Å². The summed E-state index contributed by atoms with van der Waals surface area (Å²) in [6.07, 6.45) is 34.7. The Kier molecular flexibility index (Phi) is 35.9. The number of allylic oxidation sites excluding steroid dienone is 8. The molecule has 0 bridgehead atoms. The van der Waals surface area contributed by atoms with E-state index in [1.165, 1.54) is 38.5 Å². The summed E-state index contributed by atoms with van der Waals surface area (Å²) in [5.74, 6) is -0.942. The molecule has 0 aliphatic rings. The fourth-order valence-corrected chi connectivity index (χ4v) is 5.99. The number of esters is 2. The lowest BCUT2D eigenvalue weighted by Crippen LogP contribution is -2.29. The van der Waals surface area contributed by atoms with Crippen molar-refractivity contribution in [3.05, 3.63) is 48.6 Å². The number of ketones is 1. The van der Waals surface area contributed by atoms with Gasteiger partial charge in [0, 0.05) is 19.3 Å². The quantitative estimate of drug-likeness (QED) is 0.0179. The number of aliphatic hydroxyl groups excluding tert-OH is 2. The number of carbonyl (C=O) groups excluding carboxylic acids is 3. The van der Waals surface area contributed by atoms with Crippen molar-refractivity contribution in [3.8, 4) is 0 Å². The van der Waals surface area contributed by atoms with Crippen LogP contribution in [-0.4, -0.2) is 71.5 Å². The number of rotatable bonds is 38. The van der Waals surface area contributed by atoms with Crippen LogP contribution in [-0.2, 0) is 37.5 Å². The van der Waals surface area contributed by atoms with E-state index in [2.05, 4.69) is 48.8 Å². The van der Waals surface area contributed by atoms with E-state index in [-0.39, 0.29) is 25.2 Å². The molecule has 0 aromatic heterocycles. The van der Waals surface area contributed by atoms with Crippen LogP contribution in [0.3, 0.4) is 0 Å². The highest BCUT2D eigenvalue weighted by atomic mass is 31.2. The van der Waals surface area contributed by atoms with Crippen molar-refractivity contribution in [2.45, 2.75) is 174 Å². The number of unbranched alkanes of at least 4 members (excludes halogenated alkanes) is 16. The van der Waals surface area contributed by atoms with Gasteiger partial charge in [0.15, 0.2) is 11.9 Å². The van der Waals surface area contributed by atoms with Gasteiger partial charge in [-0.3, -0.25) is 23.4 Å². The van der Waals surface area contributed by atoms with E-state index >= 15 is 0 Å². The monoisotopic (exact) mass is 784 g/mol. The predicted molar refractivity (Wildman–Crippen MR) is 215 cm³/mol. The van der Waals surface area contributed by atoms with E-state index in [0.29, 0.717) is 19.3 Å². The molecule has 1 unspecified atom stereocenters. The first-order valence-electron chi connectivity index (χ1n) is 20.6. The summed E-state index contributed by atoms with van der Waals surface area (Å²) in [4.78, 5) is 46.9. The summed E-state index contributed by atoms with van der Waals surface area (Å²) < 4.78 is 32.5. The minimum atomic E-state index is -4.65. The summed E-state index contributed by atoms with van der Waals surface area (Å²) in [5.41, 5.74) is 0. The fourth-order valence-electron chi connectivity index (χ4n) is 5.20. The molecular formula is C42H73O11P. The molecule has 3 atom stereocenters. The maximum absolute atomic E-state index is 12.6. The number of hydrogen-bond acceptors (Lipinski definition) is 10. The molecule has 0 aromatic rings. The molecule has 12 heteroatoms. The Bertz CT molecular complexity index is 1100. The number of ether oxygens (including phenoxy) is 2. The van der Waals surface area contributed by atoms with Crippen molar-refractivity contribution in [3.63, 3.8) is 0 Å². The Morgan fingerprint density at radius 3 is 1.65 bits per heavy atom. The van der Waals surface area contributed by atoms with Gasteiger partial charge in [-0.1, -0.05) is 127 Å². The Balaban J connectivity index is 4.46. The number of hydrogen-bond donors (Lipinski definition) is 3. The summed E-state index contributed by atoms with van der Waals surface area (Å²) in [5, 5.41) is 18.3. The number of phosphoric acid groups is 1. The van der Waals surface area contributed by atoms with Crippen molar-refractivity contribution < 1.29 is 52.6 Å². The predicted octanol–water partition coefficient (Wildman–Crippen LogP) is 9.73. The SMILES string of the molecule is CCCCC/C=C\C=C\C(=O)CCCCCCCC(=O)O[C@H](COC(=O)CCCCCCC/C=C\C=C/CCCCCC)COP(=O)(O)OC[C@@H](O)CO. The smallest absolute Gasteiger partial charge is 0.462 e. The van der Waals surface area contributed by atoms with E-state index in [9.17, 15) is 28.9 Å². The van der Waals surface area contributed by atoms with Crippen LogP contribution in [0.4, 0.5) is 0 Å². The average Bonchev–Trinajstić information content (AvgIpc) is 3.15. The van der Waals surface area contributed by atoms with Gasteiger partial charge in [-0.2, -0.15) is 0 Å². The first kappa shape index (κ1) is 51.6. The minimum Gasteiger partial charge on any atom is -0.462 e. The minimum absolute atomic E-state index is 0.0955. The molecule has 0 aliphatic carbocycles. The van der Waals surface area contributed by atoms with Crippen LogP contribution in [0.15, 0.2) is 48.6 Å². The Morgan fingerprint density at radius 1 is 0.593 bits per heavy atom. The van der Waals surface area contributed by atoms with Crippen molar-refractivity contribution in [1.82, 2.24) is 0 Å². The highest BCUT2D eigenvalue weighted by Gasteiger charge is 2.27. The third-order valence-corrected chi connectivity index (χ3v) is 9.41. The highest BCUT2D eigenvalue weighted by Crippen LogP contribution is 2.43. The molecular weight excluding hydrogens is 711 g/mol. The molecule has 0 heterocycles. The molecule has 312 valence electrons. The molecule has 0 radical (unpaired) electrons. The van der Waals surface area contributed by atoms with Gasteiger partial charge in [-0.25, -0.2) is 4.57 Å². The first-order chi connectivity index (χ1) is 26.1. The molecule has 0 aliphatic heterocycles. The van der Waals surface area contributed by atoms with E-state index in [1.807, 2.05) is 6.08 Å². The zero-order valence-corrected chi connectivity index (χ0v) is 34.3. The van der Waals surface area contributed by atoms with Crippen LogP contribution < -0.4 is 0 Å². The molecule has 0 amide bonds. The Labute approximate surface area is 326 Å². The van der Waals surface area contributed by atoms with Crippen molar-refractivity contribution >= 4 is 25.5 Å². The van der Waals surface area contributed by atoms with E-state index in [4.69, 9.17) is 19.1 Å². The molecule has 54 heavy (non-hydrogen) atoms. The fraction of sp³-hybridized carbons (Fsp3) is 0.738. The van der Waals surface area contributed by atoms with Crippen LogP contribution in [0.2, 0.25) is 0 Å². The van der Waals surface area contributed by atoms with Crippen LogP contribution >= 0.6 is 7.82 Å². The molecule has 0 saturated carbocycles.